The fourth-order valence-electron chi connectivity index (χ4n) is 3.74. The highest BCUT2D eigenvalue weighted by Gasteiger charge is 2.31. The molecule has 176 valence electrons. The third-order valence-electron chi connectivity index (χ3n) is 5.42. The predicted molar refractivity (Wildman–Crippen MR) is 134 cm³/mol. The first-order chi connectivity index (χ1) is 16.4. The summed E-state index contributed by atoms with van der Waals surface area (Å²) in [6, 6.07) is 22.4. The van der Waals surface area contributed by atoms with Crippen LogP contribution in [0.25, 0.3) is 0 Å². The standard InChI is InChI=1S/C26H26BrN3O4/c1-2-28-26(32)24(16-19-8-4-3-5-9-19)29(18-20-12-14-22(27)15-13-20)25(31)17-21-10-6-7-11-23(21)30(33)34/h3-15,24H,2,16-18H2,1H3,(H,28,32). The molecule has 0 aliphatic carbocycles. The van der Waals surface area contributed by atoms with Crippen LogP contribution in [0.4, 0.5) is 5.69 Å². The second-order valence-electron chi connectivity index (χ2n) is 7.81. The van der Waals surface area contributed by atoms with E-state index in [4.69, 9.17) is 0 Å². The van der Waals surface area contributed by atoms with Crippen molar-refractivity contribution in [1.29, 1.82) is 0 Å². The molecule has 1 unspecified atom stereocenters. The summed E-state index contributed by atoms with van der Waals surface area (Å²) in [4.78, 5) is 39.3. The summed E-state index contributed by atoms with van der Waals surface area (Å²) in [5, 5.41) is 14.3. The number of amides is 2. The number of halogens is 1. The number of benzene rings is 3. The van der Waals surface area contributed by atoms with Crippen LogP contribution in [0.1, 0.15) is 23.6 Å². The van der Waals surface area contributed by atoms with Crippen LogP contribution in [0.15, 0.2) is 83.3 Å². The van der Waals surface area contributed by atoms with Gasteiger partial charge in [0.1, 0.15) is 6.04 Å². The van der Waals surface area contributed by atoms with Gasteiger partial charge in [-0.15, -0.1) is 0 Å². The highest BCUT2D eigenvalue weighted by molar-refractivity contribution is 9.10. The van der Waals surface area contributed by atoms with Gasteiger partial charge in [0, 0.05) is 35.6 Å². The van der Waals surface area contributed by atoms with Crippen LogP contribution in [0.3, 0.4) is 0 Å². The van der Waals surface area contributed by atoms with Gasteiger partial charge in [0.2, 0.25) is 11.8 Å². The molecule has 34 heavy (non-hydrogen) atoms. The Hall–Kier alpha value is -3.52. The average molecular weight is 524 g/mol. The monoisotopic (exact) mass is 523 g/mol. The van der Waals surface area contributed by atoms with Gasteiger partial charge < -0.3 is 10.2 Å². The molecule has 0 saturated carbocycles. The zero-order valence-electron chi connectivity index (χ0n) is 18.8. The van der Waals surface area contributed by atoms with Gasteiger partial charge in [-0.05, 0) is 30.2 Å². The quantitative estimate of drug-likeness (QED) is 0.308. The van der Waals surface area contributed by atoms with E-state index in [1.165, 1.54) is 11.0 Å². The number of hydrogen-bond acceptors (Lipinski definition) is 4. The Morgan fingerprint density at radius 1 is 0.971 bits per heavy atom. The van der Waals surface area contributed by atoms with Crippen LogP contribution in [-0.4, -0.2) is 34.2 Å². The lowest BCUT2D eigenvalue weighted by Crippen LogP contribution is -2.51. The van der Waals surface area contributed by atoms with E-state index in [1.54, 1.807) is 18.2 Å². The Labute approximate surface area is 207 Å². The molecule has 0 aliphatic rings. The van der Waals surface area contributed by atoms with E-state index >= 15 is 0 Å². The number of likely N-dealkylation sites (N-methyl/N-ethyl adjacent to an activating group) is 1. The first-order valence-corrected chi connectivity index (χ1v) is 11.8. The van der Waals surface area contributed by atoms with Crippen LogP contribution >= 0.6 is 15.9 Å². The Balaban J connectivity index is 1.99. The van der Waals surface area contributed by atoms with Crippen molar-refractivity contribution in [2.75, 3.05) is 6.54 Å². The van der Waals surface area contributed by atoms with Crippen LogP contribution < -0.4 is 5.32 Å². The van der Waals surface area contributed by atoms with Crippen LogP contribution in [-0.2, 0) is 29.0 Å². The molecule has 0 aliphatic heterocycles. The highest BCUT2D eigenvalue weighted by atomic mass is 79.9. The van der Waals surface area contributed by atoms with Crippen molar-refractivity contribution in [2.24, 2.45) is 0 Å². The highest BCUT2D eigenvalue weighted by Crippen LogP contribution is 2.22. The number of nitro benzene ring substituents is 1. The lowest BCUT2D eigenvalue weighted by molar-refractivity contribution is -0.385. The summed E-state index contributed by atoms with van der Waals surface area (Å²) in [6.45, 7) is 2.45. The maximum Gasteiger partial charge on any atom is 0.273 e. The van der Waals surface area contributed by atoms with Gasteiger partial charge in [-0.25, -0.2) is 0 Å². The molecule has 0 saturated heterocycles. The molecule has 0 spiro atoms. The molecule has 3 rings (SSSR count). The van der Waals surface area contributed by atoms with E-state index in [1.807, 2.05) is 61.5 Å². The summed E-state index contributed by atoms with van der Waals surface area (Å²) >= 11 is 3.41. The Morgan fingerprint density at radius 2 is 1.62 bits per heavy atom. The summed E-state index contributed by atoms with van der Waals surface area (Å²) in [7, 11) is 0. The Kier molecular flexibility index (Phi) is 8.93. The molecule has 8 heteroatoms. The zero-order valence-corrected chi connectivity index (χ0v) is 20.4. The van der Waals surface area contributed by atoms with Crippen LogP contribution in [0.2, 0.25) is 0 Å². The molecule has 7 nitrogen and oxygen atoms in total. The Morgan fingerprint density at radius 3 is 2.26 bits per heavy atom. The number of rotatable bonds is 10. The lowest BCUT2D eigenvalue weighted by Gasteiger charge is -2.31. The van der Waals surface area contributed by atoms with E-state index in [-0.39, 0.29) is 30.5 Å². The lowest BCUT2D eigenvalue weighted by atomic mass is 10.0. The molecule has 2 amide bonds. The second-order valence-corrected chi connectivity index (χ2v) is 8.73. The van der Waals surface area contributed by atoms with Crippen LogP contribution in [0, 0.1) is 10.1 Å². The number of carbonyl (C=O) groups is 2. The van der Waals surface area contributed by atoms with E-state index in [2.05, 4.69) is 21.2 Å². The fourth-order valence-corrected chi connectivity index (χ4v) is 4.00. The van der Waals surface area contributed by atoms with Crippen molar-refractivity contribution >= 4 is 33.4 Å². The van der Waals surface area contributed by atoms with Crippen molar-refractivity contribution in [2.45, 2.75) is 32.4 Å². The van der Waals surface area contributed by atoms with Crippen molar-refractivity contribution in [3.05, 3.63) is 110 Å². The van der Waals surface area contributed by atoms with Gasteiger partial charge >= 0.3 is 0 Å². The minimum atomic E-state index is -0.777. The minimum Gasteiger partial charge on any atom is -0.355 e. The smallest absolute Gasteiger partial charge is 0.273 e. The largest absolute Gasteiger partial charge is 0.355 e. The SMILES string of the molecule is CCNC(=O)C(Cc1ccccc1)N(Cc1ccc(Br)cc1)C(=O)Cc1ccccc1[N+](=O)[O-]. The summed E-state index contributed by atoms with van der Waals surface area (Å²) in [5.74, 6) is -0.622. The van der Waals surface area contributed by atoms with E-state index in [0.29, 0.717) is 18.5 Å². The topological polar surface area (TPSA) is 92.6 Å². The Bertz CT molecular complexity index is 1140. The maximum absolute atomic E-state index is 13.6. The van der Waals surface area contributed by atoms with Crippen molar-refractivity contribution in [3.63, 3.8) is 0 Å². The van der Waals surface area contributed by atoms with Crippen molar-refractivity contribution in [3.8, 4) is 0 Å². The minimum absolute atomic E-state index is 0.114. The third-order valence-corrected chi connectivity index (χ3v) is 5.95. The number of carbonyl (C=O) groups excluding carboxylic acids is 2. The summed E-state index contributed by atoms with van der Waals surface area (Å²) < 4.78 is 0.901. The number of nitro groups is 1. The molecule has 0 heterocycles. The zero-order chi connectivity index (χ0) is 24.5. The van der Waals surface area contributed by atoms with Crippen molar-refractivity contribution in [1.82, 2.24) is 10.2 Å². The molecule has 0 fully saturated rings. The van der Waals surface area contributed by atoms with Gasteiger partial charge in [0.15, 0.2) is 0 Å². The molecule has 3 aromatic carbocycles. The third kappa shape index (κ3) is 6.74. The number of para-hydroxylation sites is 1. The average Bonchev–Trinajstić information content (AvgIpc) is 2.83. The normalized spacial score (nSPS) is 11.5. The summed E-state index contributed by atoms with van der Waals surface area (Å²) in [6.07, 6.45) is 0.143. The number of hydrogen-bond donors (Lipinski definition) is 1. The second kappa shape index (κ2) is 12.1. The number of nitrogens with one attached hydrogen (secondary N) is 1. The molecule has 0 bridgehead atoms. The predicted octanol–water partition coefficient (Wildman–Crippen LogP) is 4.68. The molecular weight excluding hydrogens is 498 g/mol. The van der Waals surface area contributed by atoms with Gasteiger partial charge in [-0.2, -0.15) is 0 Å². The van der Waals surface area contributed by atoms with Crippen LogP contribution in [0.5, 0.6) is 0 Å². The molecule has 3 aromatic rings. The van der Waals surface area contributed by atoms with Gasteiger partial charge in [0.05, 0.1) is 11.3 Å². The van der Waals surface area contributed by atoms with Crippen molar-refractivity contribution < 1.29 is 14.5 Å². The summed E-state index contributed by atoms with van der Waals surface area (Å²) in [5.41, 5.74) is 1.96. The molecular formula is C26H26BrN3O4. The van der Waals surface area contributed by atoms with Gasteiger partial charge in [0.25, 0.3) is 5.69 Å². The molecule has 1 atom stereocenters. The first-order valence-electron chi connectivity index (χ1n) is 11.0. The maximum atomic E-state index is 13.6. The van der Waals surface area contributed by atoms with E-state index < -0.39 is 11.0 Å². The fraction of sp³-hybridized carbons (Fsp3) is 0.231. The molecule has 0 radical (unpaired) electrons. The van der Waals surface area contributed by atoms with E-state index in [0.717, 1.165) is 15.6 Å². The first kappa shape index (κ1) is 25.1. The van der Waals surface area contributed by atoms with Gasteiger partial charge in [-0.3, -0.25) is 19.7 Å². The molecule has 0 aromatic heterocycles. The van der Waals surface area contributed by atoms with E-state index in [9.17, 15) is 19.7 Å². The molecule has 1 N–H and O–H groups in total. The number of nitrogens with zero attached hydrogens (tertiary/aromatic N) is 2. The van der Waals surface area contributed by atoms with Gasteiger partial charge in [-0.1, -0.05) is 76.6 Å².